The standard InChI is InChI=1S/C4H4ClNS.C3H8/c1-3-6-2-4(5)7-3;1-3-2/h2H,1H3;3H2,1-2H3. The van der Waals surface area contributed by atoms with Crippen molar-refractivity contribution < 1.29 is 0 Å². The smallest absolute Gasteiger partial charge is 0.113 e. The van der Waals surface area contributed by atoms with E-state index < -0.39 is 0 Å². The van der Waals surface area contributed by atoms with Gasteiger partial charge in [-0.3, -0.25) is 0 Å². The predicted octanol–water partition coefficient (Wildman–Crippen LogP) is 3.52. The molecule has 0 fully saturated rings. The van der Waals surface area contributed by atoms with Crippen LogP contribution in [0.4, 0.5) is 0 Å². The predicted molar refractivity (Wildman–Crippen MR) is 47.8 cm³/mol. The van der Waals surface area contributed by atoms with Crippen LogP contribution in [0.3, 0.4) is 0 Å². The summed E-state index contributed by atoms with van der Waals surface area (Å²) in [6.45, 7) is 6.18. The molecule has 0 bridgehead atoms. The fraction of sp³-hybridized carbons (Fsp3) is 0.571. The number of halogens is 1. The highest BCUT2D eigenvalue weighted by Gasteiger charge is 1.88. The fourth-order valence-electron chi connectivity index (χ4n) is 0.335. The first-order chi connectivity index (χ1) is 4.70. The van der Waals surface area contributed by atoms with Crippen molar-refractivity contribution in [1.82, 2.24) is 4.98 Å². The maximum Gasteiger partial charge on any atom is 0.113 e. The van der Waals surface area contributed by atoms with Crippen LogP contribution in [0.1, 0.15) is 25.3 Å². The number of rotatable bonds is 0. The highest BCUT2D eigenvalue weighted by atomic mass is 35.5. The van der Waals surface area contributed by atoms with E-state index in [1.54, 1.807) is 6.20 Å². The Balaban J connectivity index is 0.000000236. The molecule has 3 heteroatoms. The topological polar surface area (TPSA) is 12.9 Å². The van der Waals surface area contributed by atoms with Crippen molar-refractivity contribution in [1.29, 1.82) is 0 Å². The van der Waals surface area contributed by atoms with E-state index in [1.165, 1.54) is 17.8 Å². The first kappa shape index (κ1) is 9.92. The Morgan fingerprint density at radius 1 is 1.60 bits per heavy atom. The van der Waals surface area contributed by atoms with Crippen molar-refractivity contribution in [2.24, 2.45) is 0 Å². The summed E-state index contributed by atoms with van der Waals surface area (Å²) in [4.78, 5) is 3.90. The SMILES string of the molecule is CCC.Cc1ncc(Cl)s1. The first-order valence-corrected chi connectivity index (χ1v) is 4.48. The molecule has 0 aliphatic heterocycles. The van der Waals surface area contributed by atoms with Gasteiger partial charge in [0.15, 0.2) is 0 Å². The third-order valence-electron chi connectivity index (χ3n) is 0.593. The van der Waals surface area contributed by atoms with Gasteiger partial charge in [0.25, 0.3) is 0 Å². The molecule has 1 aromatic rings. The van der Waals surface area contributed by atoms with E-state index in [-0.39, 0.29) is 0 Å². The molecule has 0 amide bonds. The van der Waals surface area contributed by atoms with Crippen molar-refractivity contribution in [3.8, 4) is 0 Å². The summed E-state index contributed by atoms with van der Waals surface area (Å²) in [5.41, 5.74) is 0. The number of nitrogens with zero attached hydrogens (tertiary/aromatic N) is 1. The minimum Gasteiger partial charge on any atom is -0.248 e. The molecular weight excluding hydrogens is 166 g/mol. The molecular formula is C7H12ClNS. The Morgan fingerprint density at radius 2 is 2.10 bits per heavy atom. The molecule has 0 spiro atoms. The molecule has 1 aromatic heterocycles. The molecule has 0 saturated heterocycles. The quantitative estimate of drug-likeness (QED) is 0.591. The Kier molecular flexibility index (Phi) is 5.64. The molecule has 1 heterocycles. The lowest BCUT2D eigenvalue weighted by Gasteiger charge is -1.66. The van der Waals surface area contributed by atoms with Crippen LogP contribution in [-0.2, 0) is 0 Å². The van der Waals surface area contributed by atoms with E-state index in [9.17, 15) is 0 Å². The molecule has 0 aliphatic carbocycles. The maximum absolute atomic E-state index is 5.52. The van der Waals surface area contributed by atoms with Crippen molar-refractivity contribution in [2.45, 2.75) is 27.2 Å². The van der Waals surface area contributed by atoms with Crippen LogP contribution in [0.15, 0.2) is 6.20 Å². The van der Waals surface area contributed by atoms with Gasteiger partial charge in [-0.15, -0.1) is 11.3 Å². The largest absolute Gasteiger partial charge is 0.248 e. The molecule has 0 aromatic carbocycles. The van der Waals surface area contributed by atoms with Crippen LogP contribution >= 0.6 is 22.9 Å². The number of hydrogen-bond acceptors (Lipinski definition) is 2. The van der Waals surface area contributed by atoms with Gasteiger partial charge in [-0.05, 0) is 6.92 Å². The molecule has 0 saturated carbocycles. The molecule has 0 unspecified atom stereocenters. The zero-order valence-corrected chi connectivity index (χ0v) is 8.09. The fourth-order valence-corrected chi connectivity index (χ4v) is 1.21. The average molecular weight is 178 g/mol. The van der Waals surface area contributed by atoms with E-state index in [0.29, 0.717) is 0 Å². The molecule has 0 radical (unpaired) electrons. The van der Waals surface area contributed by atoms with E-state index >= 15 is 0 Å². The average Bonchev–Trinajstić information content (AvgIpc) is 2.17. The monoisotopic (exact) mass is 177 g/mol. The Bertz CT molecular complexity index is 157. The normalized spacial score (nSPS) is 8.40. The molecule has 1 rings (SSSR count). The van der Waals surface area contributed by atoms with Crippen molar-refractivity contribution in [3.05, 3.63) is 15.5 Å². The van der Waals surface area contributed by atoms with Gasteiger partial charge < -0.3 is 0 Å². The van der Waals surface area contributed by atoms with E-state index in [4.69, 9.17) is 11.6 Å². The summed E-state index contributed by atoms with van der Waals surface area (Å²) in [5, 5.41) is 1.02. The lowest BCUT2D eigenvalue weighted by molar-refractivity contribution is 1.09. The second-order valence-electron chi connectivity index (χ2n) is 1.89. The van der Waals surface area contributed by atoms with Gasteiger partial charge in [0, 0.05) is 0 Å². The third kappa shape index (κ3) is 4.77. The first-order valence-electron chi connectivity index (χ1n) is 3.28. The van der Waals surface area contributed by atoms with E-state index in [2.05, 4.69) is 18.8 Å². The lowest BCUT2D eigenvalue weighted by atomic mass is 10.6. The molecule has 0 aliphatic rings. The lowest BCUT2D eigenvalue weighted by Crippen LogP contribution is -1.56. The highest BCUT2D eigenvalue weighted by Crippen LogP contribution is 2.16. The molecule has 1 nitrogen and oxygen atoms in total. The Morgan fingerprint density at radius 3 is 2.20 bits per heavy atom. The van der Waals surface area contributed by atoms with Crippen LogP contribution in [0.25, 0.3) is 0 Å². The van der Waals surface area contributed by atoms with Gasteiger partial charge in [0.2, 0.25) is 0 Å². The van der Waals surface area contributed by atoms with E-state index in [0.717, 1.165) is 9.34 Å². The summed E-state index contributed by atoms with van der Waals surface area (Å²) < 4.78 is 0.762. The van der Waals surface area contributed by atoms with Gasteiger partial charge in [-0.1, -0.05) is 31.9 Å². The number of aromatic nitrogens is 1. The summed E-state index contributed by atoms with van der Waals surface area (Å²) in [5.74, 6) is 0. The number of hydrogen-bond donors (Lipinski definition) is 0. The van der Waals surface area contributed by atoms with Crippen LogP contribution in [0.2, 0.25) is 4.34 Å². The molecule has 0 N–H and O–H groups in total. The number of thiazole rings is 1. The Labute approximate surface area is 71.1 Å². The van der Waals surface area contributed by atoms with Gasteiger partial charge in [0.05, 0.1) is 11.2 Å². The van der Waals surface area contributed by atoms with Gasteiger partial charge in [0.1, 0.15) is 4.34 Å². The highest BCUT2D eigenvalue weighted by molar-refractivity contribution is 7.15. The molecule has 58 valence electrons. The minimum absolute atomic E-state index is 0.762. The van der Waals surface area contributed by atoms with Crippen molar-refractivity contribution in [3.63, 3.8) is 0 Å². The van der Waals surface area contributed by atoms with Gasteiger partial charge >= 0.3 is 0 Å². The second kappa shape index (κ2) is 5.69. The zero-order chi connectivity index (χ0) is 7.98. The maximum atomic E-state index is 5.52. The third-order valence-corrected chi connectivity index (χ3v) is 1.62. The summed E-state index contributed by atoms with van der Waals surface area (Å²) in [6.07, 6.45) is 2.90. The van der Waals surface area contributed by atoms with Crippen LogP contribution < -0.4 is 0 Å². The minimum atomic E-state index is 0.762. The van der Waals surface area contributed by atoms with Gasteiger partial charge in [-0.25, -0.2) is 4.98 Å². The summed E-state index contributed by atoms with van der Waals surface area (Å²) >= 11 is 7.01. The van der Waals surface area contributed by atoms with Crippen LogP contribution in [0.5, 0.6) is 0 Å². The van der Waals surface area contributed by atoms with Crippen LogP contribution in [-0.4, -0.2) is 4.98 Å². The zero-order valence-electron chi connectivity index (χ0n) is 6.52. The molecule has 10 heavy (non-hydrogen) atoms. The van der Waals surface area contributed by atoms with Crippen molar-refractivity contribution in [2.75, 3.05) is 0 Å². The van der Waals surface area contributed by atoms with Gasteiger partial charge in [-0.2, -0.15) is 0 Å². The summed E-state index contributed by atoms with van der Waals surface area (Å²) in [7, 11) is 0. The summed E-state index contributed by atoms with van der Waals surface area (Å²) in [6, 6.07) is 0. The number of aryl methyl sites for hydroxylation is 1. The van der Waals surface area contributed by atoms with E-state index in [1.807, 2.05) is 6.92 Å². The van der Waals surface area contributed by atoms with Crippen molar-refractivity contribution >= 4 is 22.9 Å². The Hall–Kier alpha value is -0.0800. The molecule has 0 atom stereocenters. The van der Waals surface area contributed by atoms with Crippen LogP contribution in [0, 0.1) is 6.92 Å². The second-order valence-corrected chi connectivity index (χ2v) is 3.76.